The molecule has 0 aromatic rings. The van der Waals surface area contributed by atoms with Gasteiger partial charge in [0.15, 0.2) is 0 Å². The zero-order valence-electron chi connectivity index (χ0n) is 9.01. The van der Waals surface area contributed by atoms with Crippen LogP contribution in [0.25, 0.3) is 0 Å². The van der Waals surface area contributed by atoms with E-state index in [0.717, 1.165) is 0 Å². The van der Waals surface area contributed by atoms with E-state index in [1.54, 1.807) is 0 Å². The Labute approximate surface area is 88.4 Å². The van der Waals surface area contributed by atoms with E-state index in [9.17, 15) is 14.9 Å². The summed E-state index contributed by atoms with van der Waals surface area (Å²) in [5.41, 5.74) is 0. The number of carbonyl (C=O) groups is 1. The van der Waals surface area contributed by atoms with E-state index < -0.39 is 17.1 Å². The number of rotatable bonds is 7. The molecule has 0 aromatic heterocycles. The summed E-state index contributed by atoms with van der Waals surface area (Å²) < 4.78 is 4.43. The molecule has 88 valence electrons. The summed E-state index contributed by atoms with van der Waals surface area (Å²) >= 11 is 0. The van der Waals surface area contributed by atoms with Crippen molar-refractivity contribution in [3.63, 3.8) is 0 Å². The Morgan fingerprint density at radius 3 is 2.53 bits per heavy atom. The molecule has 0 unspecified atom stereocenters. The standard InChI is InChI=1S/C9H17NO5/c1-7(11)8(10(13)14)5-3-4-6-9(12)15-2/h7-8,11H,3-6H2,1-2H3/t7-,8+/m1/s1. The number of nitrogens with zero attached hydrogens (tertiary/aromatic N) is 1. The van der Waals surface area contributed by atoms with Gasteiger partial charge in [-0.3, -0.25) is 14.9 Å². The van der Waals surface area contributed by atoms with Gasteiger partial charge < -0.3 is 9.84 Å². The van der Waals surface area contributed by atoms with Gasteiger partial charge in [-0.2, -0.15) is 0 Å². The quantitative estimate of drug-likeness (QED) is 0.295. The lowest BCUT2D eigenvalue weighted by Crippen LogP contribution is -2.31. The maximum atomic E-state index is 10.7. The number of aliphatic hydroxyl groups is 1. The average Bonchev–Trinajstić information content (AvgIpc) is 2.15. The molecule has 2 atom stereocenters. The number of nitro groups is 1. The van der Waals surface area contributed by atoms with Crippen molar-refractivity contribution < 1.29 is 19.6 Å². The molecule has 6 heteroatoms. The van der Waals surface area contributed by atoms with Gasteiger partial charge in [-0.1, -0.05) is 0 Å². The molecule has 0 aliphatic rings. The molecule has 1 N–H and O–H groups in total. The Kier molecular flexibility index (Phi) is 6.61. The second-order valence-corrected chi connectivity index (χ2v) is 3.42. The van der Waals surface area contributed by atoms with Gasteiger partial charge in [0.2, 0.25) is 6.04 Å². The molecule has 0 aliphatic carbocycles. The largest absolute Gasteiger partial charge is 0.469 e. The first kappa shape index (κ1) is 13.8. The fraction of sp³-hybridized carbons (Fsp3) is 0.889. The second-order valence-electron chi connectivity index (χ2n) is 3.42. The predicted molar refractivity (Wildman–Crippen MR) is 52.9 cm³/mol. The molecule has 0 aromatic carbocycles. The van der Waals surface area contributed by atoms with E-state index in [2.05, 4.69) is 4.74 Å². The molecule has 0 bridgehead atoms. The maximum Gasteiger partial charge on any atom is 0.305 e. The normalized spacial score (nSPS) is 14.3. The van der Waals surface area contributed by atoms with Crippen molar-refractivity contribution in [1.29, 1.82) is 0 Å². The van der Waals surface area contributed by atoms with E-state index in [0.29, 0.717) is 12.8 Å². The van der Waals surface area contributed by atoms with E-state index in [-0.39, 0.29) is 18.8 Å². The molecular weight excluding hydrogens is 202 g/mol. The number of methoxy groups -OCH3 is 1. The van der Waals surface area contributed by atoms with E-state index in [1.165, 1.54) is 14.0 Å². The summed E-state index contributed by atoms with van der Waals surface area (Å²) in [5, 5.41) is 19.6. The molecular formula is C9H17NO5. The third-order valence-electron chi connectivity index (χ3n) is 2.19. The second kappa shape index (κ2) is 7.17. The van der Waals surface area contributed by atoms with Crippen molar-refractivity contribution in [3.8, 4) is 0 Å². The van der Waals surface area contributed by atoms with Crippen molar-refractivity contribution in [2.75, 3.05) is 7.11 Å². The third kappa shape index (κ3) is 6.01. The molecule has 0 radical (unpaired) electrons. The van der Waals surface area contributed by atoms with Crippen LogP contribution in [0.2, 0.25) is 0 Å². The van der Waals surface area contributed by atoms with Crippen LogP contribution in [0.1, 0.15) is 32.6 Å². The summed E-state index contributed by atoms with van der Waals surface area (Å²) in [7, 11) is 1.30. The Bertz CT molecular complexity index is 217. The monoisotopic (exact) mass is 219 g/mol. The number of unbranched alkanes of at least 4 members (excludes halogenated alkanes) is 1. The summed E-state index contributed by atoms with van der Waals surface area (Å²) in [5.74, 6) is -0.315. The first-order valence-corrected chi connectivity index (χ1v) is 4.87. The fourth-order valence-electron chi connectivity index (χ4n) is 1.25. The Hall–Kier alpha value is -1.17. The van der Waals surface area contributed by atoms with Crippen molar-refractivity contribution in [1.82, 2.24) is 0 Å². The molecule has 0 saturated carbocycles. The highest BCUT2D eigenvalue weighted by Crippen LogP contribution is 2.10. The maximum absolute atomic E-state index is 10.7. The van der Waals surface area contributed by atoms with Gasteiger partial charge in [0.25, 0.3) is 0 Å². The first-order valence-electron chi connectivity index (χ1n) is 4.87. The van der Waals surface area contributed by atoms with Gasteiger partial charge in [-0.05, 0) is 19.8 Å². The highest BCUT2D eigenvalue weighted by atomic mass is 16.6. The highest BCUT2D eigenvalue weighted by Gasteiger charge is 2.25. The highest BCUT2D eigenvalue weighted by molar-refractivity contribution is 5.68. The van der Waals surface area contributed by atoms with Crippen LogP contribution in [0.4, 0.5) is 0 Å². The van der Waals surface area contributed by atoms with Gasteiger partial charge in [0.05, 0.1) is 7.11 Å². The van der Waals surface area contributed by atoms with Gasteiger partial charge in [0.1, 0.15) is 6.10 Å². The predicted octanol–water partition coefficient (Wildman–Crippen LogP) is 0.746. The van der Waals surface area contributed by atoms with Crippen molar-refractivity contribution in [2.45, 2.75) is 44.8 Å². The first-order chi connectivity index (χ1) is 6.99. The van der Waals surface area contributed by atoms with Gasteiger partial charge in [0, 0.05) is 17.8 Å². The number of ether oxygens (including phenoxy) is 1. The lowest BCUT2D eigenvalue weighted by molar-refractivity contribution is -0.534. The van der Waals surface area contributed by atoms with E-state index >= 15 is 0 Å². The minimum atomic E-state index is -0.960. The zero-order valence-corrected chi connectivity index (χ0v) is 9.01. The molecule has 0 rings (SSSR count). The van der Waals surface area contributed by atoms with Crippen molar-refractivity contribution in [3.05, 3.63) is 10.1 Å². The number of esters is 1. The zero-order chi connectivity index (χ0) is 11.8. The van der Waals surface area contributed by atoms with Gasteiger partial charge >= 0.3 is 5.97 Å². The summed E-state index contributed by atoms with van der Waals surface area (Å²) in [6, 6.07) is -0.942. The third-order valence-corrected chi connectivity index (χ3v) is 2.19. The Morgan fingerprint density at radius 1 is 1.53 bits per heavy atom. The topological polar surface area (TPSA) is 89.7 Å². The van der Waals surface area contributed by atoms with Crippen molar-refractivity contribution in [2.24, 2.45) is 0 Å². The summed E-state index contributed by atoms with van der Waals surface area (Å²) in [6.07, 6.45) is 0.663. The minimum absolute atomic E-state index is 0.265. The lowest BCUT2D eigenvalue weighted by Gasteiger charge is -2.11. The average molecular weight is 219 g/mol. The van der Waals surface area contributed by atoms with Crippen LogP contribution in [0, 0.1) is 10.1 Å². The van der Waals surface area contributed by atoms with Crippen LogP contribution in [0.15, 0.2) is 0 Å². The van der Waals surface area contributed by atoms with Crippen LogP contribution < -0.4 is 0 Å². The Balaban J connectivity index is 3.72. The van der Waals surface area contributed by atoms with Gasteiger partial charge in [-0.15, -0.1) is 0 Å². The number of carbonyl (C=O) groups excluding carboxylic acids is 1. The number of hydrogen-bond acceptors (Lipinski definition) is 5. The number of aliphatic hydroxyl groups excluding tert-OH is 1. The van der Waals surface area contributed by atoms with E-state index in [1.807, 2.05) is 0 Å². The molecule has 0 fully saturated rings. The molecule has 15 heavy (non-hydrogen) atoms. The van der Waals surface area contributed by atoms with Crippen LogP contribution in [-0.4, -0.2) is 35.3 Å². The molecule has 0 saturated heterocycles. The SMILES string of the molecule is COC(=O)CCCC[C@@H]([C@@H](C)O)[N+](=O)[O-]. The van der Waals surface area contributed by atoms with Crippen LogP contribution >= 0.6 is 0 Å². The molecule has 0 spiro atoms. The van der Waals surface area contributed by atoms with E-state index in [4.69, 9.17) is 5.11 Å². The molecule has 0 heterocycles. The molecule has 0 amide bonds. The summed E-state index contributed by atoms with van der Waals surface area (Å²) in [6.45, 7) is 1.40. The van der Waals surface area contributed by atoms with Crippen LogP contribution in [0.3, 0.4) is 0 Å². The lowest BCUT2D eigenvalue weighted by atomic mass is 10.0. The van der Waals surface area contributed by atoms with Crippen molar-refractivity contribution >= 4 is 5.97 Å². The van der Waals surface area contributed by atoms with Gasteiger partial charge in [-0.25, -0.2) is 0 Å². The Morgan fingerprint density at radius 2 is 2.13 bits per heavy atom. The van der Waals surface area contributed by atoms with Crippen LogP contribution in [-0.2, 0) is 9.53 Å². The van der Waals surface area contributed by atoms with Crippen LogP contribution in [0.5, 0.6) is 0 Å². The minimum Gasteiger partial charge on any atom is -0.469 e. The fourth-order valence-corrected chi connectivity index (χ4v) is 1.25. The summed E-state index contributed by atoms with van der Waals surface area (Å²) in [4.78, 5) is 20.7. The molecule has 0 aliphatic heterocycles. The number of hydrogen-bond donors (Lipinski definition) is 1. The smallest absolute Gasteiger partial charge is 0.305 e. The molecule has 6 nitrogen and oxygen atoms in total.